The highest BCUT2D eigenvalue weighted by atomic mass is 32.1. The van der Waals surface area contributed by atoms with Gasteiger partial charge in [-0.25, -0.2) is 0 Å². The molecule has 1 aliphatic rings. The lowest BCUT2D eigenvalue weighted by Gasteiger charge is -2.29. The number of benzene rings is 2. The van der Waals surface area contributed by atoms with Gasteiger partial charge in [0.15, 0.2) is 0 Å². The van der Waals surface area contributed by atoms with Crippen LogP contribution in [0.5, 0.6) is 5.75 Å². The standard InChI is InChI=1S/C32H41N3O3S/c1-3-4-21-38-29-14-12-28(13-15-29)32(37)34(20-19-33-17-8-9-18-33)25-31(36)35(23-27-10-6-5-7-11-27)24-30-26(2)16-22-39-30/h5-7,10-16,22H,3-4,8-9,17-21,23-25H2,1-2H3. The Morgan fingerprint density at radius 2 is 1.69 bits per heavy atom. The van der Waals surface area contributed by atoms with Crippen molar-refractivity contribution in [1.29, 1.82) is 0 Å². The zero-order valence-corrected chi connectivity index (χ0v) is 24.1. The fraction of sp³-hybridized carbons (Fsp3) is 0.438. The van der Waals surface area contributed by atoms with Gasteiger partial charge in [0.05, 0.1) is 13.2 Å². The summed E-state index contributed by atoms with van der Waals surface area (Å²) >= 11 is 1.67. The van der Waals surface area contributed by atoms with Gasteiger partial charge >= 0.3 is 0 Å². The number of amides is 2. The van der Waals surface area contributed by atoms with Gasteiger partial charge in [0.2, 0.25) is 5.91 Å². The zero-order chi connectivity index (χ0) is 27.5. The van der Waals surface area contributed by atoms with E-state index in [1.165, 1.54) is 23.3 Å². The molecule has 0 radical (unpaired) electrons. The van der Waals surface area contributed by atoms with Crippen LogP contribution in [0.4, 0.5) is 0 Å². The molecule has 1 fully saturated rings. The molecular formula is C32H41N3O3S. The highest BCUT2D eigenvalue weighted by Gasteiger charge is 2.24. The Hall–Kier alpha value is -3.16. The summed E-state index contributed by atoms with van der Waals surface area (Å²) in [6, 6.07) is 19.5. The van der Waals surface area contributed by atoms with E-state index in [1.54, 1.807) is 16.2 Å². The number of ether oxygens (including phenoxy) is 1. The van der Waals surface area contributed by atoms with Gasteiger partial charge in [-0.1, -0.05) is 43.7 Å². The third-order valence-electron chi connectivity index (χ3n) is 7.24. The highest BCUT2D eigenvalue weighted by molar-refractivity contribution is 7.10. The average Bonchev–Trinajstić information content (AvgIpc) is 3.63. The Labute approximate surface area is 237 Å². The third kappa shape index (κ3) is 8.67. The number of unbranched alkanes of at least 4 members (excludes halogenated alkanes) is 1. The summed E-state index contributed by atoms with van der Waals surface area (Å²) in [6.07, 6.45) is 4.45. The molecule has 1 aromatic heterocycles. The van der Waals surface area contributed by atoms with Gasteiger partial charge in [-0.15, -0.1) is 11.3 Å². The highest BCUT2D eigenvalue weighted by Crippen LogP contribution is 2.20. The summed E-state index contributed by atoms with van der Waals surface area (Å²) in [6.45, 7) is 9.39. The van der Waals surface area contributed by atoms with E-state index in [4.69, 9.17) is 4.74 Å². The van der Waals surface area contributed by atoms with Crippen molar-refractivity contribution in [3.8, 4) is 5.75 Å². The van der Waals surface area contributed by atoms with E-state index < -0.39 is 0 Å². The van der Waals surface area contributed by atoms with Gasteiger partial charge in [0.1, 0.15) is 12.3 Å². The van der Waals surface area contributed by atoms with Crippen molar-refractivity contribution in [3.05, 3.63) is 87.6 Å². The van der Waals surface area contributed by atoms with Crippen LogP contribution in [0.15, 0.2) is 66.0 Å². The monoisotopic (exact) mass is 547 g/mol. The third-order valence-corrected chi connectivity index (χ3v) is 8.25. The minimum Gasteiger partial charge on any atom is -0.494 e. The minimum atomic E-state index is -0.116. The lowest BCUT2D eigenvalue weighted by molar-refractivity contribution is -0.133. The first kappa shape index (κ1) is 28.8. The van der Waals surface area contributed by atoms with E-state index in [2.05, 4.69) is 30.2 Å². The number of thiophene rings is 1. The van der Waals surface area contributed by atoms with Crippen molar-refractivity contribution in [3.63, 3.8) is 0 Å². The first-order valence-corrected chi connectivity index (χ1v) is 15.0. The molecule has 3 aromatic rings. The molecular weight excluding hydrogens is 506 g/mol. The summed E-state index contributed by atoms with van der Waals surface area (Å²) < 4.78 is 5.78. The van der Waals surface area contributed by atoms with E-state index in [1.807, 2.05) is 59.5 Å². The predicted octanol–water partition coefficient (Wildman–Crippen LogP) is 6.00. The maximum absolute atomic E-state index is 13.8. The van der Waals surface area contributed by atoms with Crippen LogP contribution in [0.25, 0.3) is 0 Å². The second kappa shape index (κ2) is 14.8. The van der Waals surface area contributed by atoms with Crippen LogP contribution in [-0.2, 0) is 17.9 Å². The Balaban J connectivity index is 1.50. The van der Waals surface area contributed by atoms with Crippen LogP contribution < -0.4 is 4.74 Å². The van der Waals surface area contributed by atoms with E-state index in [0.717, 1.165) is 43.8 Å². The zero-order valence-electron chi connectivity index (χ0n) is 23.3. The van der Waals surface area contributed by atoms with E-state index in [9.17, 15) is 9.59 Å². The first-order valence-electron chi connectivity index (χ1n) is 14.1. The maximum Gasteiger partial charge on any atom is 0.254 e. The smallest absolute Gasteiger partial charge is 0.254 e. The molecule has 39 heavy (non-hydrogen) atoms. The summed E-state index contributed by atoms with van der Waals surface area (Å²) in [5.74, 6) is 0.607. The Morgan fingerprint density at radius 1 is 0.949 bits per heavy atom. The quantitative estimate of drug-likeness (QED) is 0.232. The van der Waals surface area contributed by atoms with Gasteiger partial charge in [0, 0.05) is 30.1 Å². The van der Waals surface area contributed by atoms with Gasteiger partial charge in [-0.3, -0.25) is 9.59 Å². The van der Waals surface area contributed by atoms with Crippen molar-refractivity contribution in [2.24, 2.45) is 0 Å². The molecule has 0 atom stereocenters. The van der Waals surface area contributed by atoms with Crippen molar-refractivity contribution in [2.45, 2.75) is 52.6 Å². The molecule has 2 amide bonds. The normalized spacial score (nSPS) is 13.4. The molecule has 0 spiro atoms. The number of likely N-dealkylation sites (tertiary alicyclic amines) is 1. The summed E-state index contributed by atoms with van der Waals surface area (Å²) in [4.78, 5) is 34.7. The lowest BCUT2D eigenvalue weighted by atomic mass is 10.1. The van der Waals surface area contributed by atoms with Crippen LogP contribution in [0.3, 0.4) is 0 Å². The van der Waals surface area contributed by atoms with Crippen LogP contribution in [-0.4, -0.2) is 65.8 Å². The number of carbonyl (C=O) groups is 2. The van der Waals surface area contributed by atoms with E-state index in [0.29, 0.717) is 31.8 Å². The van der Waals surface area contributed by atoms with Gasteiger partial charge in [-0.2, -0.15) is 0 Å². The number of nitrogens with zero attached hydrogens (tertiary/aromatic N) is 3. The topological polar surface area (TPSA) is 53.1 Å². The van der Waals surface area contributed by atoms with Crippen molar-refractivity contribution in [2.75, 3.05) is 39.3 Å². The second-order valence-corrected chi connectivity index (χ2v) is 11.3. The molecule has 4 rings (SSSR count). The summed E-state index contributed by atoms with van der Waals surface area (Å²) in [5, 5.41) is 2.07. The van der Waals surface area contributed by atoms with Crippen LogP contribution in [0, 0.1) is 6.92 Å². The fourth-order valence-electron chi connectivity index (χ4n) is 4.77. The number of hydrogen-bond donors (Lipinski definition) is 0. The van der Waals surface area contributed by atoms with Crippen molar-refractivity contribution < 1.29 is 14.3 Å². The summed E-state index contributed by atoms with van der Waals surface area (Å²) in [7, 11) is 0. The number of carbonyl (C=O) groups excluding carboxylic acids is 2. The van der Waals surface area contributed by atoms with Gasteiger partial charge < -0.3 is 19.4 Å². The molecule has 1 aliphatic heterocycles. The minimum absolute atomic E-state index is 0.0408. The largest absolute Gasteiger partial charge is 0.494 e. The van der Waals surface area contributed by atoms with Crippen LogP contribution >= 0.6 is 11.3 Å². The molecule has 0 saturated carbocycles. The lowest BCUT2D eigenvalue weighted by Crippen LogP contribution is -2.45. The second-order valence-electron chi connectivity index (χ2n) is 10.3. The number of hydrogen-bond acceptors (Lipinski definition) is 5. The summed E-state index contributed by atoms with van der Waals surface area (Å²) in [5.41, 5.74) is 2.85. The SMILES string of the molecule is CCCCOc1ccc(C(=O)N(CCN2CCCC2)CC(=O)N(Cc2ccccc2)Cc2sccc2C)cc1. The Morgan fingerprint density at radius 3 is 2.36 bits per heavy atom. The number of aryl methyl sites for hydroxylation is 1. The average molecular weight is 548 g/mol. The Bertz CT molecular complexity index is 1170. The van der Waals surface area contributed by atoms with Gasteiger partial charge in [-0.05, 0) is 86.1 Å². The fourth-order valence-corrected chi connectivity index (χ4v) is 5.69. The Kier molecular flexibility index (Phi) is 11.0. The number of rotatable bonds is 14. The van der Waals surface area contributed by atoms with E-state index >= 15 is 0 Å². The molecule has 0 bridgehead atoms. The molecule has 7 heteroatoms. The maximum atomic E-state index is 13.8. The molecule has 0 unspecified atom stereocenters. The first-order chi connectivity index (χ1) is 19.0. The molecule has 1 saturated heterocycles. The molecule has 0 aliphatic carbocycles. The van der Waals surface area contributed by atoms with Crippen molar-refractivity contribution in [1.82, 2.24) is 14.7 Å². The van der Waals surface area contributed by atoms with Crippen LogP contribution in [0.2, 0.25) is 0 Å². The van der Waals surface area contributed by atoms with E-state index in [-0.39, 0.29) is 18.4 Å². The van der Waals surface area contributed by atoms with Crippen LogP contribution in [0.1, 0.15) is 59.0 Å². The molecule has 0 N–H and O–H groups in total. The molecule has 6 nitrogen and oxygen atoms in total. The molecule has 2 heterocycles. The van der Waals surface area contributed by atoms with Crippen molar-refractivity contribution >= 4 is 23.2 Å². The van der Waals surface area contributed by atoms with Gasteiger partial charge in [0.25, 0.3) is 5.91 Å². The predicted molar refractivity (Wildman–Crippen MR) is 158 cm³/mol. The molecule has 208 valence electrons. The molecule has 2 aromatic carbocycles.